The van der Waals surface area contributed by atoms with E-state index >= 15 is 0 Å². The Hall–Kier alpha value is -2.86. The highest BCUT2D eigenvalue weighted by molar-refractivity contribution is 6.30. The van der Waals surface area contributed by atoms with Gasteiger partial charge in [-0.3, -0.25) is 14.4 Å². The molecule has 0 saturated heterocycles. The first kappa shape index (κ1) is 21.4. The number of benzene rings is 2. The van der Waals surface area contributed by atoms with Gasteiger partial charge in [-0.05, 0) is 47.9 Å². The van der Waals surface area contributed by atoms with Crippen LogP contribution in [-0.2, 0) is 19.1 Å². The van der Waals surface area contributed by atoms with Gasteiger partial charge in [0, 0.05) is 23.3 Å². The lowest BCUT2D eigenvalue weighted by Gasteiger charge is -2.20. The van der Waals surface area contributed by atoms with Gasteiger partial charge in [0.25, 0.3) is 5.91 Å². The largest absolute Gasteiger partial charge is 0.455 e. The number of amides is 2. The Morgan fingerprint density at radius 2 is 1.46 bits per heavy atom. The minimum atomic E-state index is -0.484. The number of hydrogen-bond donors (Lipinski definition) is 2. The number of nitrogens with one attached hydrogen (secondary N) is 2. The van der Waals surface area contributed by atoms with Gasteiger partial charge in [0.1, 0.15) is 0 Å². The van der Waals surface area contributed by atoms with Gasteiger partial charge in [0.05, 0.1) is 5.92 Å². The molecule has 0 radical (unpaired) electrons. The molecule has 0 aliphatic rings. The van der Waals surface area contributed by atoms with Gasteiger partial charge < -0.3 is 15.4 Å². The Balaban J connectivity index is 1.92. The minimum absolute atomic E-state index is 0.00180. The first-order valence-corrected chi connectivity index (χ1v) is 9.23. The van der Waals surface area contributed by atoms with Crippen molar-refractivity contribution in [3.05, 3.63) is 59.1 Å². The molecule has 0 aliphatic heterocycles. The van der Waals surface area contributed by atoms with E-state index in [1.807, 2.05) is 13.8 Å². The van der Waals surface area contributed by atoms with Gasteiger partial charge in [-0.25, -0.2) is 0 Å². The summed E-state index contributed by atoms with van der Waals surface area (Å²) in [4.78, 5) is 35.6. The Bertz CT molecular complexity index is 832. The van der Waals surface area contributed by atoms with Crippen LogP contribution < -0.4 is 10.6 Å². The molecule has 148 valence electrons. The lowest BCUT2D eigenvalue weighted by Crippen LogP contribution is -2.26. The number of anilines is 2. The molecule has 0 fully saturated rings. The molecule has 0 spiro atoms. The van der Waals surface area contributed by atoms with E-state index in [0.717, 1.165) is 5.56 Å². The molecule has 28 heavy (non-hydrogen) atoms. The van der Waals surface area contributed by atoms with Crippen molar-refractivity contribution in [1.82, 2.24) is 0 Å². The highest BCUT2D eigenvalue weighted by Gasteiger charge is 2.26. The molecular weight excluding hydrogens is 380 g/mol. The number of ether oxygens (including phenoxy) is 1. The highest BCUT2D eigenvalue weighted by Crippen LogP contribution is 2.27. The van der Waals surface area contributed by atoms with Crippen LogP contribution in [0.3, 0.4) is 0 Å². The molecule has 2 aromatic rings. The highest BCUT2D eigenvalue weighted by atomic mass is 35.5. The lowest BCUT2D eigenvalue weighted by atomic mass is 9.88. The molecule has 0 aliphatic carbocycles. The second-order valence-corrected chi connectivity index (χ2v) is 7.12. The number of halogens is 1. The summed E-state index contributed by atoms with van der Waals surface area (Å²) in [5.41, 5.74) is 1.95. The smallest absolute Gasteiger partial charge is 0.314 e. The van der Waals surface area contributed by atoms with Crippen molar-refractivity contribution in [2.24, 2.45) is 5.92 Å². The summed E-state index contributed by atoms with van der Waals surface area (Å²) in [6.45, 7) is 4.86. The molecule has 6 nitrogen and oxygen atoms in total. The number of carbonyl (C=O) groups excluding carboxylic acids is 3. The van der Waals surface area contributed by atoms with Crippen molar-refractivity contribution < 1.29 is 19.1 Å². The van der Waals surface area contributed by atoms with Crippen LogP contribution in [-0.4, -0.2) is 24.4 Å². The number of esters is 1. The predicted molar refractivity (Wildman–Crippen MR) is 109 cm³/mol. The third-order valence-corrected chi connectivity index (χ3v) is 4.24. The molecule has 2 aromatic carbocycles. The van der Waals surface area contributed by atoms with Crippen molar-refractivity contribution >= 4 is 40.8 Å². The predicted octanol–water partition coefficient (Wildman–Crippen LogP) is 4.22. The zero-order valence-corrected chi connectivity index (χ0v) is 16.7. The molecule has 2 N–H and O–H groups in total. The summed E-state index contributed by atoms with van der Waals surface area (Å²) in [6.07, 6.45) is 0. The second-order valence-electron chi connectivity index (χ2n) is 6.69. The Morgan fingerprint density at radius 1 is 0.929 bits per heavy atom. The van der Waals surface area contributed by atoms with Gasteiger partial charge in [-0.1, -0.05) is 37.6 Å². The van der Waals surface area contributed by atoms with Gasteiger partial charge in [0.2, 0.25) is 5.91 Å². The molecule has 0 aromatic heterocycles. The van der Waals surface area contributed by atoms with E-state index in [2.05, 4.69) is 10.6 Å². The van der Waals surface area contributed by atoms with Crippen LogP contribution >= 0.6 is 11.6 Å². The van der Waals surface area contributed by atoms with Gasteiger partial charge in [-0.15, -0.1) is 0 Å². The molecular formula is C21H23ClN2O4. The fourth-order valence-electron chi connectivity index (χ4n) is 2.73. The van der Waals surface area contributed by atoms with Crippen molar-refractivity contribution in [3.63, 3.8) is 0 Å². The van der Waals surface area contributed by atoms with Crippen LogP contribution in [0.25, 0.3) is 0 Å². The summed E-state index contributed by atoms with van der Waals surface area (Å²) in [5, 5.41) is 5.87. The van der Waals surface area contributed by atoms with Gasteiger partial charge in [-0.2, -0.15) is 0 Å². The van der Waals surface area contributed by atoms with Crippen molar-refractivity contribution in [2.75, 3.05) is 17.2 Å². The maximum Gasteiger partial charge on any atom is 0.314 e. The quantitative estimate of drug-likeness (QED) is 0.679. The van der Waals surface area contributed by atoms with E-state index in [4.69, 9.17) is 16.3 Å². The van der Waals surface area contributed by atoms with Crippen LogP contribution in [0.5, 0.6) is 0 Å². The summed E-state index contributed by atoms with van der Waals surface area (Å²) < 4.78 is 5.22. The van der Waals surface area contributed by atoms with Crippen LogP contribution in [0.15, 0.2) is 48.5 Å². The maximum absolute atomic E-state index is 12.5. The molecule has 0 bridgehead atoms. The summed E-state index contributed by atoms with van der Waals surface area (Å²) >= 11 is 5.90. The summed E-state index contributed by atoms with van der Waals surface area (Å²) in [6, 6.07) is 13.6. The Morgan fingerprint density at radius 3 is 1.96 bits per heavy atom. The van der Waals surface area contributed by atoms with E-state index in [9.17, 15) is 14.4 Å². The number of hydrogen-bond acceptors (Lipinski definition) is 4. The van der Waals surface area contributed by atoms with Crippen LogP contribution in [0, 0.1) is 5.92 Å². The molecule has 0 unspecified atom stereocenters. The number of carbonyl (C=O) groups is 3. The fourth-order valence-corrected chi connectivity index (χ4v) is 2.85. The third kappa shape index (κ3) is 6.39. The third-order valence-electron chi connectivity index (χ3n) is 3.98. The van der Waals surface area contributed by atoms with Gasteiger partial charge in [0.15, 0.2) is 6.61 Å². The average molecular weight is 403 g/mol. The normalized spacial score (nSPS) is 11.6. The molecule has 1 atom stereocenters. The zero-order chi connectivity index (χ0) is 20.7. The number of rotatable bonds is 7. The molecule has 2 amide bonds. The first-order chi connectivity index (χ1) is 13.3. The van der Waals surface area contributed by atoms with E-state index in [-0.39, 0.29) is 18.4 Å². The maximum atomic E-state index is 12.5. The first-order valence-electron chi connectivity index (χ1n) is 8.86. The van der Waals surface area contributed by atoms with E-state index in [1.165, 1.54) is 6.92 Å². The van der Waals surface area contributed by atoms with Crippen LogP contribution in [0.4, 0.5) is 11.4 Å². The van der Waals surface area contributed by atoms with E-state index < -0.39 is 17.8 Å². The Labute approximate surface area is 169 Å². The molecule has 7 heteroatoms. The molecule has 0 saturated carbocycles. The fraction of sp³-hybridized carbons (Fsp3) is 0.286. The average Bonchev–Trinajstić information content (AvgIpc) is 2.63. The van der Waals surface area contributed by atoms with Gasteiger partial charge >= 0.3 is 5.97 Å². The second kappa shape index (κ2) is 9.90. The summed E-state index contributed by atoms with van der Waals surface area (Å²) in [5.74, 6) is -1.57. The monoisotopic (exact) mass is 402 g/mol. The zero-order valence-electron chi connectivity index (χ0n) is 16.0. The molecule has 0 heterocycles. The SMILES string of the molecule is CC(=O)Nc1ccc(NC(=O)COC(=O)[C@H](c2ccc(Cl)cc2)C(C)C)cc1. The van der Waals surface area contributed by atoms with Crippen molar-refractivity contribution in [1.29, 1.82) is 0 Å². The lowest BCUT2D eigenvalue weighted by molar-refractivity contribution is -0.149. The van der Waals surface area contributed by atoms with Crippen molar-refractivity contribution in [3.8, 4) is 0 Å². The standard InChI is InChI=1S/C21H23ClN2O4/c1-13(2)20(15-4-6-16(22)7-5-15)21(27)28-12-19(26)24-18-10-8-17(9-11-18)23-14(3)25/h4-11,13,20H,12H2,1-3H3,(H,23,25)(H,24,26)/t20-/m0/s1. The van der Waals surface area contributed by atoms with Crippen LogP contribution in [0.2, 0.25) is 5.02 Å². The van der Waals surface area contributed by atoms with Crippen LogP contribution in [0.1, 0.15) is 32.3 Å². The molecule has 2 rings (SSSR count). The van der Waals surface area contributed by atoms with E-state index in [1.54, 1.807) is 48.5 Å². The topological polar surface area (TPSA) is 84.5 Å². The van der Waals surface area contributed by atoms with E-state index in [0.29, 0.717) is 16.4 Å². The Kier molecular flexibility index (Phi) is 7.58. The minimum Gasteiger partial charge on any atom is -0.455 e. The van der Waals surface area contributed by atoms with Crippen molar-refractivity contribution in [2.45, 2.75) is 26.7 Å². The summed E-state index contributed by atoms with van der Waals surface area (Å²) in [7, 11) is 0.